The van der Waals surface area contributed by atoms with E-state index in [9.17, 15) is 0 Å². The number of halogens is 1. The Morgan fingerprint density at radius 2 is 2.10 bits per heavy atom. The van der Waals surface area contributed by atoms with E-state index in [1.54, 1.807) is 22.9 Å². The molecule has 20 heavy (non-hydrogen) atoms. The zero-order valence-electron chi connectivity index (χ0n) is 10.2. The van der Waals surface area contributed by atoms with Gasteiger partial charge in [0.25, 0.3) is 0 Å². The number of fused-ring (bicyclic) bond motifs is 1. The Kier molecular flexibility index (Phi) is 3.30. The first kappa shape index (κ1) is 12.9. The van der Waals surface area contributed by atoms with Gasteiger partial charge in [0, 0.05) is 4.47 Å². The summed E-state index contributed by atoms with van der Waals surface area (Å²) in [5.41, 5.74) is 11.3. The SMILES string of the molecule is N#Cc1ccc(Br)cc1Nc1ccc2scnc2c1N. The Morgan fingerprint density at radius 1 is 1.25 bits per heavy atom. The molecule has 0 aliphatic heterocycles. The molecule has 3 aromatic rings. The van der Waals surface area contributed by atoms with Crippen molar-refractivity contribution in [3.63, 3.8) is 0 Å². The number of nitrogen functional groups attached to an aromatic ring is 1. The summed E-state index contributed by atoms with van der Waals surface area (Å²) in [4.78, 5) is 4.26. The largest absolute Gasteiger partial charge is 0.395 e. The molecule has 0 saturated heterocycles. The van der Waals surface area contributed by atoms with E-state index in [0.29, 0.717) is 16.9 Å². The third-order valence-electron chi connectivity index (χ3n) is 2.91. The lowest BCUT2D eigenvalue weighted by atomic mass is 10.1. The molecule has 0 unspecified atom stereocenters. The average Bonchev–Trinajstić information content (AvgIpc) is 2.91. The zero-order valence-corrected chi connectivity index (χ0v) is 12.6. The summed E-state index contributed by atoms with van der Waals surface area (Å²) in [6.45, 7) is 0. The van der Waals surface area contributed by atoms with Gasteiger partial charge in [-0.25, -0.2) is 4.98 Å². The van der Waals surface area contributed by atoms with Crippen LogP contribution in [0.15, 0.2) is 40.3 Å². The molecular formula is C14H9BrN4S. The van der Waals surface area contributed by atoms with Gasteiger partial charge in [-0.15, -0.1) is 11.3 Å². The minimum absolute atomic E-state index is 0.561. The van der Waals surface area contributed by atoms with E-state index in [1.165, 1.54) is 0 Å². The predicted molar refractivity (Wildman–Crippen MR) is 86.2 cm³/mol. The summed E-state index contributed by atoms with van der Waals surface area (Å²) >= 11 is 4.95. The fourth-order valence-electron chi connectivity index (χ4n) is 1.92. The Morgan fingerprint density at radius 3 is 2.90 bits per heavy atom. The lowest BCUT2D eigenvalue weighted by molar-refractivity contribution is 1.45. The maximum absolute atomic E-state index is 9.15. The van der Waals surface area contributed by atoms with Crippen LogP contribution in [0.1, 0.15) is 5.56 Å². The van der Waals surface area contributed by atoms with Gasteiger partial charge < -0.3 is 11.1 Å². The number of rotatable bonds is 2. The van der Waals surface area contributed by atoms with Crippen LogP contribution < -0.4 is 11.1 Å². The number of thiazole rings is 1. The molecule has 0 spiro atoms. The minimum Gasteiger partial charge on any atom is -0.395 e. The number of benzene rings is 2. The molecule has 4 nitrogen and oxygen atoms in total. The Bertz CT molecular complexity index is 835. The van der Waals surface area contributed by atoms with Crippen LogP contribution in [0.25, 0.3) is 10.2 Å². The number of nitriles is 1. The number of anilines is 3. The van der Waals surface area contributed by atoms with Crippen molar-refractivity contribution in [1.82, 2.24) is 4.98 Å². The van der Waals surface area contributed by atoms with Gasteiger partial charge in [-0.1, -0.05) is 15.9 Å². The van der Waals surface area contributed by atoms with E-state index in [-0.39, 0.29) is 0 Å². The van der Waals surface area contributed by atoms with Crippen LogP contribution in [-0.4, -0.2) is 4.98 Å². The normalized spacial score (nSPS) is 10.4. The summed E-state index contributed by atoms with van der Waals surface area (Å²) in [6.07, 6.45) is 0. The van der Waals surface area contributed by atoms with Gasteiger partial charge in [0.05, 0.1) is 32.8 Å². The molecule has 6 heteroatoms. The second kappa shape index (κ2) is 5.12. The number of hydrogen-bond donors (Lipinski definition) is 2. The van der Waals surface area contributed by atoms with Crippen molar-refractivity contribution >= 4 is 54.5 Å². The van der Waals surface area contributed by atoms with Crippen LogP contribution in [0.2, 0.25) is 0 Å². The van der Waals surface area contributed by atoms with Gasteiger partial charge in [-0.05, 0) is 30.3 Å². The highest BCUT2D eigenvalue weighted by molar-refractivity contribution is 9.10. The summed E-state index contributed by atoms with van der Waals surface area (Å²) < 4.78 is 1.94. The molecule has 0 amide bonds. The molecule has 0 aliphatic rings. The van der Waals surface area contributed by atoms with Crippen molar-refractivity contribution in [2.24, 2.45) is 0 Å². The molecular weight excluding hydrogens is 336 g/mol. The molecule has 2 aromatic carbocycles. The molecule has 0 fully saturated rings. The lowest BCUT2D eigenvalue weighted by Gasteiger charge is -2.11. The van der Waals surface area contributed by atoms with Crippen molar-refractivity contribution in [2.75, 3.05) is 11.1 Å². The van der Waals surface area contributed by atoms with E-state index in [0.717, 1.165) is 20.4 Å². The van der Waals surface area contributed by atoms with E-state index in [1.807, 2.05) is 24.3 Å². The van der Waals surface area contributed by atoms with Crippen LogP contribution in [0, 0.1) is 11.3 Å². The molecule has 1 heterocycles. The smallest absolute Gasteiger partial charge is 0.106 e. The second-order valence-corrected chi connectivity index (χ2v) is 5.95. The molecule has 1 aromatic heterocycles. The standard InChI is InChI=1S/C14H9BrN4S/c15-9-2-1-8(6-16)11(5-9)19-10-3-4-12-14(13(10)17)18-7-20-12/h1-5,7,19H,17H2. The van der Waals surface area contributed by atoms with Gasteiger partial charge in [0.15, 0.2) is 0 Å². The molecule has 0 saturated carbocycles. The maximum Gasteiger partial charge on any atom is 0.106 e. The first-order valence-corrected chi connectivity index (χ1v) is 7.44. The Labute approximate surface area is 128 Å². The van der Waals surface area contributed by atoms with Gasteiger partial charge in [-0.2, -0.15) is 5.26 Å². The summed E-state index contributed by atoms with van der Waals surface area (Å²) in [7, 11) is 0. The van der Waals surface area contributed by atoms with Crippen molar-refractivity contribution in [1.29, 1.82) is 5.26 Å². The molecule has 0 atom stereocenters. The third-order valence-corrected chi connectivity index (χ3v) is 4.20. The predicted octanol–water partition coefficient (Wildman–Crippen LogP) is 4.26. The molecule has 3 N–H and O–H groups in total. The number of hydrogen-bond acceptors (Lipinski definition) is 5. The molecule has 3 rings (SSSR count). The zero-order chi connectivity index (χ0) is 14.1. The highest BCUT2D eigenvalue weighted by atomic mass is 79.9. The summed E-state index contributed by atoms with van der Waals surface area (Å²) in [5, 5.41) is 12.3. The molecule has 98 valence electrons. The van der Waals surface area contributed by atoms with Crippen molar-refractivity contribution in [3.05, 3.63) is 45.9 Å². The summed E-state index contributed by atoms with van der Waals surface area (Å²) in [5.74, 6) is 0. The van der Waals surface area contributed by atoms with Crippen LogP contribution in [0.3, 0.4) is 0 Å². The fraction of sp³-hybridized carbons (Fsp3) is 0. The summed E-state index contributed by atoms with van der Waals surface area (Å²) in [6, 6.07) is 11.5. The van der Waals surface area contributed by atoms with Crippen molar-refractivity contribution in [2.45, 2.75) is 0 Å². The van der Waals surface area contributed by atoms with E-state index in [4.69, 9.17) is 11.0 Å². The highest BCUT2D eigenvalue weighted by Crippen LogP contribution is 2.33. The molecule has 0 radical (unpaired) electrons. The van der Waals surface area contributed by atoms with E-state index < -0.39 is 0 Å². The minimum atomic E-state index is 0.561. The number of nitrogens with two attached hydrogens (primary N) is 1. The van der Waals surface area contributed by atoms with E-state index in [2.05, 4.69) is 32.3 Å². The number of nitrogens with zero attached hydrogens (tertiary/aromatic N) is 2. The third kappa shape index (κ3) is 2.22. The second-order valence-electron chi connectivity index (χ2n) is 4.15. The van der Waals surface area contributed by atoms with Crippen LogP contribution >= 0.6 is 27.3 Å². The van der Waals surface area contributed by atoms with Crippen molar-refractivity contribution < 1.29 is 0 Å². The Hall–Kier alpha value is -2.10. The van der Waals surface area contributed by atoms with Crippen molar-refractivity contribution in [3.8, 4) is 6.07 Å². The first-order chi connectivity index (χ1) is 9.69. The van der Waals surface area contributed by atoms with Gasteiger partial charge in [0.1, 0.15) is 11.6 Å². The lowest BCUT2D eigenvalue weighted by Crippen LogP contribution is -1.98. The monoisotopic (exact) mass is 344 g/mol. The van der Waals surface area contributed by atoms with Crippen LogP contribution in [-0.2, 0) is 0 Å². The number of aromatic nitrogens is 1. The van der Waals surface area contributed by atoms with Gasteiger partial charge >= 0.3 is 0 Å². The van der Waals surface area contributed by atoms with Gasteiger partial charge in [-0.3, -0.25) is 0 Å². The topological polar surface area (TPSA) is 74.7 Å². The maximum atomic E-state index is 9.15. The average molecular weight is 345 g/mol. The first-order valence-electron chi connectivity index (χ1n) is 5.77. The van der Waals surface area contributed by atoms with Crippen LogP contribution in [0.5, 0.6) is 0 Å². The molecule has 0 bridgehead atoms. The fourth-order valence-corrected chi connectivity index (χ4v) is 2.98. The quantitative estimate of drug-likeness (QED) is 0.681. The highest BCUT2D eigenvalue weighted by Gasteiger charge is 2.09. The van der Waals surface area contributed by atoms with Gasteiger partial charge in [0.2, 0.25) is 0 Å². The Balaban J connectivity index is 2.07. The van der Waals surface area contributed by atoms with Crippen LogP contribution in [0.4, 0.5) is 17.1 Å². The van der Waals surface area contributed by atoms with E-state index >= 15 is 0 Å². The molecule has 0 aliphatic carbocycles. The number of nitrogens with one attached hydrogen (secondary N) is 1.